The maximum Gasteiger partial charge on any atom is 0.227 e. The monoisotopic (exact) mass is 531 g/mol. The van der Waals surface area contributed by atoms with Crippen LogP contribution >= 0.6 is 0 Å². The van der Waals surface area contributed by atoms with Crippen molar-refractivity contribution in [2.75, 3.05) is 19.6 Å². The molecule has 2 bridgehead atoms. The molecule has 0 spiro atoms. The van der Waals surface area contributed by atoms with E-state index in [1.807, 2.05) is 38.1 Å². The number of likely N-dealkylation sites (tertiary alicyclic amines) is 1. The maximum atomic E-state index is 13.8. The van der Waals surface area contributed by atoms with E-state index in [0.717, 1.165) is 48.2 Å². The Morgan fingerprint density at radius 2 is 1.77 bits per heavy atom. The number of aryl methyl sites for hydroxylation is 1. The maximum absolute atomic E-state index is 13.8. The van der Waals surface area contributed by atoms with Crippen LogP contribution in [0.4, 0.5) is 4.39 Å². The molecule has 1 aromatic heterocycles. The topological polar surface area (TPSA) is 70.5 Å². The molecular weight excluding hydrogens is 493 g/mol. The van der Waals surface area contributed by atoms with E-state index in [-0.39, 0.29) is 29.6 Å². The average Bonchev–Trinajstić information content (AvgIpc) is 3.35. The molecule has 1 unspecified atom stereocenters. The second-order valence-electron chi connectivity index (χ2n) is 11.5. The molecule has 3 aromatic rings. The Bertz CT molecular complexity index is 1340. The van der Waals surface area contributed by atoms with Gasteiger partial charge in [0.25, 0.3) is 0 Å². The Kier molecular flexibility index (Phi) is 7.14. The molecule has 2 aromatic carbocycles. The summed E-state index contributed by atoms with van der Waals surface area (Å²) in [6.07, 6.45) is 5.83. The minimum absolute atomic E-state index is 0.0459. The highest BCUT2D eigenvalue weighted by atomic mass is 19.1. The van der Waals surface area contributed by atoms with Crippen molar-refractivity contribution in [1.29, 1.82) is 0 Å². The van der Waals surface area contributed by atoms with Gasteiger partial charge in [0.2, 0.25) is 11.8 Å². The van der Waals surface area contributed by atoms with Crippen LogP contribution in [0.25, 0.3) is 11.0 Å². The van der Waals surface area contributed by atoms with E-state index in [1.54, 1.807) is 4.90 Å². The molecular formula is C31H38FN5O2. The SMILES string of the molecule is CCC(=O)N1CC(C(=O)N[C@@H](CCN2[C@@H]3CC[C@H]2CC(n2c(C)nc4cc(F)ccc42)C3)c2ccccc2)C1. The fourth-order valence-corrected chi connectivity index (χ4v) is 7.12. The minimum atomic E-state index is -0.244. The zero-order valence-corrected chi connectivity index (χ0v) is 22.9. The summed E-state index contributed by atoms with van der Waals surface area (Å²) in [4.78, 5) is 34.1. The number of benzene rings is 2. The molecule has 39 heavy (non-hydrogen) atoms. The van der Waals surface area contributed by atoms with Gasteiger partial charge in [0.15, 0.2) is 0 Å². The highest BCUT2D eigenvalue weighted by Crippen LogP contribution is 2.42. The quantitative estimate of drug-likeness (QED) is 0.455. The summed E-state index contributed by atoms with van der Waals surface area (Å²) in [6, 6.07) is 16.5. The lowest BCUT2D eigenvalue weighted by Gasteiger charge is -2.41. The number of hydrogen-bond donors (Lipinski definition) is 1. The molecule has 7 nitrogen and oxygen atoms in total. The molecule has 8 heteroatoms. The normalized spacial score (nSPS) is 24.1. The van der Waals surface area contributed by atoms with Crippen molar-refractivity contribution in [2.24, 2.45) is 5.92 Å². The van der Waals surface area contributed by atoms with Crippen molar-refractivity contribution in [2.45, 2.75) is 76.5 Å². The number of aromatic nitrogens is 2. The van der Waals surface area contributed by atoms with Crippen LogP contribution in [-0.4, -0.2) is 62.9 Å². The first-order valence-electron chi connectivity index (χ1n) is 14.4. The number of imidazole rings is 1. The van der Waals surface area contributed by atoms with Gasteiger partial charge in [0.1, 0.15) is 11.6 Å². The van der Waals surface area contributed by atoms with Gasteiger partial charge >= 0.3 is 0 Å². The highest BCUT2D eigenvalue weighted by Gasteiger charge is 2.42. The molecule has 3 fully saturated rings. The molecule has 3 saturated heterocycles. The molecule has 0 radical (unpaired) electrons. The van der Waals surface area contributed by atoms with Gasteiger partial charge in [-0.3, -0.25) is 14.5 Å². The molecule has 3 aliphatic rings. The summed E-state index contributed by atoms with van der Waals surface area (Å²) in [5, 5.41) is 3.32. The molecule has 6 rings (SSSR count). The van der Waals surface area contributed by atoms with Crippen LogP contribution in [0.5, 0.6) is 0 Å². The fourth-order valence-electron chi connectivity index (χ4n) is 7.12. The molecule has 206 valence electrons. The second kappa shape index (κ2) is 10.7. The Hall–Kier alpha value is -3.26. The second-order valence-corrected chi connectivity index (χ2v) is 11.5. The van der Waals surface area contributed by atoms with E-state index in [0.29, 0.717) is 37.6 Å². The van der Waals surface area contributed by atoms with Crippen molar-refractivity contribution in [1.82, 2.24) is 24.7 Å². The number of hydrogen-bond acceptors (Lipinski definition) is 4. The molecule has 4 atom stereocenters. The largest absolute Gasteiger partial charge is 0.349 e. The zero-order valence-electron chi connectivity index (χ0n) is 22.9. The van der Waals surface area contributed by atoms with Crippen LogP contribution < -0.4 is 5.32 Å². The molecule has 4 heterocycles. The van der Waals surface area contributed by atoms with Gasteiger partial charge in [0.05, 0.1) is 23.0 Å². The summed E-state index contributed by atoms with van der Waals surface area (Å²) in [5.41, 5.74) is 2.88. The third-order valence-electron chi connectivity index (χ3n) is 9.15. The Balaban J connectivity index is 1.12. The summed E-state index contributed by atoms with van der Waals surface area (Å²) >= 11 is 0. The van der Waals surface area contributed by atoms with Crippen molar-refractivity contribution < 1.29 is 14.0 Å². The predicted octanol–water partition coefficient (Wildman–Crippen LogP) is 4.77. The number of carbonyl (C=O) groups excluding carboxylic acids is 2. The van der Waals surface area contributed by atoms with Gasteiger partial charge in [0, 0.05) is 50.2 Å². The Labute approximate surface area is 229 Å². The van der Waals surface area contributed by atoms with Crippen LogP contribution in [0.2, 0.25) is 0 Å². The number of carbonyl (C=O) groups is 2. The molecule has 2 amide bonds. The van der Waals surface area contributed by atoms with Crippen molar-refractivity contribution in [3.05, 3.63) is 65.7 Å². The van der Waals surface area contributed by atoms with E-state index in [2.05, 4.69) is 31.9 Å². The van der Waals surface area contributed by atoms with E-state index < -0.39 is 0 Å². The number of fused-ring (bicyclic) bond motifs is 3. The van der Waals surface area contributed by atoms with E-state index >= 15 is 0 Å². The lowest BCUT2D eigenvalue weighted by atomic mass is 9.94. The number of nitrogens with one attached hydrogen (secondary N) is 1. The molecule has 0 saturated carbocycles. The smallest absolute Gasteiger partial charge is 0.227 e. The van der Waals surface area contributed by atoms with E-state index in [1.165, 1.54) is 25.0 Å². The summed E-state index contributed by atoms with van der Waals surface area (Å²) in [7, 11) is 0. The number of halogens is 1. The Morgan fingerprint density at radius 1 is 1.05 bits per heavy atom. The number of rotatable bonds is 8. The van der Waals surface area contributed by atoms with Gasteiger partial charge < -0.3 is 14.8 Å². The average molecular weight is 532 g/mol. The summed E-state index contributed by atoms with van der Waals surface area (Å²) < 4.78 is 16.1. The first kappa shape index (κ1) is 26.0. The summed E-state index contributed by atoms with van der Waals surface area (Å²) in [5.74, 6) is 0.746. The van der Waals surface area contributed by atoms with Crippen LogP contribution in [0, 0.1) is 18.7 Å². The lowest BCUT2D eigenvalue weighted by molar-refractivity contribution is -0.143. The third-order valence-corrected chi connectivity index (χ3v) is 9.15. The standard InChI is InChI=1S/C31H38FN5O2/c1-3-30(38)35-18-22(19-35)31(39)34-27(21-7-5-4-6-8-21)13-14-36-24-10-11-25(36)17-26(16-24)37-20(2)33-28-15-23(32)9-12-29(28)37/h4-9,12,15,22,24-27H,3,10-11,13-14,16-19H2,1-2H3,(H,34,39)/t24-,25+,26?,27-/m0/s1. The van der Waals surface area contributed by atoms with Crippen LogP contribution in [-0.2, 0) is 9.59 Å². The van der Waals surface area contributed by atoms with Crippen molar-refractivity contribution in [3.63, 3.8) is 0 Å². The van der Waals surface area contributed by atoms with Gasteiger partial charge in [-0.05, 0) is 56.7 Å². The van der Waals surface area contributed by atoms with Crippen molar-refractivity contribution in [3.8, 4) is 0 Å². The van der Waals surface area contributed by atoms with Crippen LogP contribution in [0.1, 0.15) is 68.9 Å². The van der Waals surface area contributed by atoms with Gasteiger partial charge in [-0.2, -0.15) is 0 Å². The van der Waals surface area contributed by atoms with E-state index in [4.69, 9.17) is 0 Å². The van der Waals surface area contributed by atoms with Crippen LogP contribution in [0.3, 0.4) is 0 Å². The fraction of sp³-hybridized carbons (Fsp3) is 0.516. The first-order valence-corrected chi connectivity index (χ1v) is 14.4. The van der Waals surface area contributed by atoms with Crippen molar-refractivity contribution >= 4 is 22.8 Å². The van der Waals surface area contributed by atoms with Gasteiger partial charge in [-0.15, -0.1) is 0 Å². The number of nitrogens with zero attached hydrogens (tertiary/aromatic N) is 4. The predicted molar refractivity (Wildman–Crippen MR) is 149 cm³/mol. The first-order chi connectivity index (χ1) is 18.9. The minimum Gasteiger partial charge on any atom is -0.349 e. The lowest BCUT2D eigenvalue weighted by Crippen LogP contribution is -2.56. The molecule has 1 N–H and O–H groups in total. The molecule has 3 aliphatic heterocycles. The third kappa shape index (κ3) is 5.07. The number of amides is 2. The Morgan fingerprint density at radius 3 is 2.46 bits per heavy atom. The van der Waals surface area contributed by atoms with E-state index in [9.17, 15) is 14.0 Å². The van der Waals surface area contributed by atoms with Crippen LogP contribution in [0.15, 0.2) is 48.5 Å². The summed E-state index contributed by atoms with van der Waals surface area (Å²) in [6.45, 7) is 5.86. The van der Waals surface area contributed by atoms with Gasteiger partial charge in [-0.25, -0.2) is 9.37 Å². The number of piperidine rings is 1. The zero-order chi connectivity index (χ0) is 27.1. The molecule has 0 aliphatic carbocycles. The highest BCUT2D eigenvalue weighted by molar-refractivity contribution is 5.84. The van der Waals surface area contributed by atoms with Gasteiger partial charge in [-0.1, -0.05) is 37.3 Å².